The number of hydrogen-bond donors (Lipinski definition) is 1. The van der Waals surface area contributed by atoms with Gasteiger partial charge in [-0.05, 0) is 50.6 Å². The lowest BCUT2D eigenvalue weighted by atomic mass is 10.2. The third-order valence-corrected chi connectivity index (χ3v) is 3.06. The third kappa shape index (κ3) is 3.28. The molecule has 0 spiro atoms. The van der Waals surface area contributed by atoms with E-state index in [-0.39, 0.29) is 0 Å². The zero-order valence-electron chi connectivity index (χ0n) is 12.0. The molecule has 102 valence electrons. The summed E-state index contributed by atoms with van der Waals surface area (Å²) in [4.78, 5) is 0. The lowest BCUT2D eigenvalue weighted by Gasteiger charge is -2.09. The molecule has 0 bridgehead atoms. The van der Waals surface area contributed by atoms with E-state index in [1.165, 1.54) is 0 Å². The first-order valence-corrected chi connectivity index (χ1v) is 6.52. The maximum atomic E-state index is 5.25. The number of anilines is 1. The predicted molar refractivity (Wildman–Crippen MR) is 77.7 cm³/mol. The van der Waals surface area contributed by atoms with Gasteiger partial charge in [0.15, 0.2) is 0 Å². The standard InChI is InChI=1S/C15H21N3O/c1-11(2)18-8-7-14(17-18)10-16-13-5-6-15(19-4)12(3)9-13/h5-9,11,16H,10H2,1-4H3. The lowest BCUT2D eigenvalue weighted by molar-refractivity contribution is 0.412. The van der Waals surface area contributed by atoms with Gasteiger partial charge in [-0.2, -0.15) is 5.10 Å². The summed E-state index contributed by atoms with van der Waals surface area (Å²) in [5.74, 6) is 0.912. The Balaban J connectivity index is 1.99. The number of benzene rings is 1. The Kier molecular flexibility index (Phi) is 4.10. The molecule has 0 amide bonds. The van der Waals surface area contributed by atoms with E-state index in [0.29, 0.717) is 6.04 Å². The predicted octanol–water partition coefficient (Wildman–Crippen LogP) is 3.39. The second-order valence-electron chi connectivity index (χ2n) is 4.92. The van der Waals surface area contributed by atoms with E-state index in [9.17, 15) is 0 Å². The van der Waals surface area contributed by atoms with Gasteiger partial charge in [0, 0.05) is 17.9 Å². The largest absolute Gasteiger partial charge is 0.496 e. The number of hydrogen-bond acceptors (Lipinski definition) is 3. The molecule has 0 unspecified atom stereocenters. The van der Waals surface area contributed by atoms with Crippen molar-refractivity contribution in [3.8, 4) is 5.75 Å². The molecule has 1 aromatic carbocycles. The van der Waals surface area contributed by atoms with Crippen molar-refractivity contribution in [3.63, 3.8) is 0 Å². The molecule has 19 heavy (non-hydrogen) atoms. The minimum Gasteiger partial charge on any atom is -0.496 e. The van der Waals surface area contributed by atoms with Crippen molar-refractivity contribution in [1.29, 1.82) is 0 Å². The molecule has 2 rings (SSSR count). The van der Waals surface area contributed by atoms with Gasteiger partial charge in [0.25, 0.3) is 0 Å². The molecule has 0 atom stereocenters. The SMILES string of the molecule is COc1ccc(NCc2ccn(C(C)C)n2)cc1C. The van der Waals surface area contributed by atoms with Gasteiger partial charge in [-0.1, -0.05) is 0 Å². The fraction of sp³-hybridized carbons (Fsp3) is 0.400. The fourth-order valence-electron chi connectivity index (χ4n) is 1.94. The average Bonchev–Trinajstić information content (AvgIpc) is 2.85. The van der Waals surface area contributed by atoms with Gasteiger partial charge >= 0.3 is 0 Å². The van der Waals surface area contributed by atoms with Crippen molar-refractivity contribution in [2.75, 3.05) is 12.4 Å². The van der Waals surface area contributed by atoms with Crippen LogP contribution in [0.15, 0.2) is 30.5 Å². The summed E-state index contributed by atoms with van der Waals surface area (Å²) in [6.45, 7) is 7.01. The van der Waals surface area contributed by atoms with Crippen LogP contribution < -0.4 is 10.1 Å². The van der Waals surface area contributed by atoms with Crippen LogP contribution in [0, 0.1) is 6.92 Å². The molecule has 4 heteroatoms. The van der Waals surface area contributed by atoms with E-state index >= 15 is 0 Å². The Morgan fingerprint density at radius 1 is 1.32 bits per heavy atom. The van der Waals surface area contributed by atoms with E-state index in [1.807, 2.05) is 36.0 Å². The van der Waals surface area contributed by atoms with E-state index in [4.69, 9.17) is 4.74 Å². The highest BCUT2D eigenvalue weighted by Gasteiger charge is 2.03. The molecule has 0 saturated heterocycles. The minimum absolute atomic E-state index is 0.400. The van der Waals surface area contributed by atoms with E-state index < -0.39 is 0 Å². The molecule has 1 heterocycles. The monoisotopic (exact) mass is 259 g/mol. The minimum atomic E-state index is 0.400. The molecule has 1 aromatic heterocycles. The molecule has 0 aliphatic rings. The van der Waals surface area contributed by atoms with E-state index in [0.717, 1.165) is 29.2 Å². The quantitative estimate of drug-likeness (QED) is 0.894. The highest BCUT2D eigenvalue weighted by molar-refractivity contribution is 5.50. The van der Waals surface area contributed by atoms with Crippen molar-refractivity contribution in [1.82, 2.24) is 9.78 Å². The van der Waals surface area contributed by atoms with Crippen LogP contribution in [0.25, 0.3) is 0 Å². The lowest BCUT2D eigenvalue weighted by Crippen LogP contribution is -2.04. The Labute approximate surface area is 114 Å². The maximum absolute atomic E-state index is 5.25. The second kappa shape index (κ2) is 5.78. The molecule has 0 saturated carbocycles. The smallest absolute Gasteiger partial charge is 0.121 e. The van der Waals surface area contributed by atoms with Crippen LogP contribution in [-0.2, 0) is 6.54 Å². The van der Waals surface area contributed by atoms with Crippen LogP contribution in [0.2, 0.25) is 0 Å². The topological polar surface area (TPSA) is 39.1 Å². The number of rotatable bonds is 5. The van der Waals surface area contributed by atoms with Gasteiger partial charge in [0.2, 0.25) is 0 Å². The molecule has 1 N–H and O–H groups in total. The van der Waals surface area contributed by atoms with Gasteiger partial charge in [-0.25, -0.2) is 0 Å². The highest BCUT2D eigenvalue weighted by atomic mass is 16.5. The summed E-state index contributed by atoms with van der Waals surface area (Å²) in [6, 6.07) is 8.52. The maximum Gasteiger partial charge on any atom is 0.121 e. The Bertz CT molecular complexity index is 546. The van der Waals surface area contributed by atoms with Gasteiger partial charge in [-0.15, -0.1) is 0 Å². The molecule has 2 aromatic rings. The Morgan fingerprint density at radius 3 is 2.68 bits per heavy atom. The van der Waals surface area contributed by atoms with Crippen molar-refractivity contribution < 1.29 is 4.74 Å². The van der Waals surface area contributed by atoms with E-state index in [1.54, 1.807) is 7.11 Å². The summed E-state index contributed by atoms with van der Waals surface area (Å²) < 4.78 is 7.22. The number of nitrogens with zero attached hydrogens (tertiary/aromatic N) is 2. The number of ether oxygens (including phenoxy) is 1. The molecular formula is C15H21N3O. The third-order valence-electron chi connectivity index (χ3n) is 3.06. The van der Waals surface area contributed by atoms with Crippen LogP contribution in [0.5, 0.6) is 5.75 Å². The summed E-state index contributed by atoms with van der Waals surface area (Å²) in [6.07, 6.45) is 2.01. The van der Waals surface area contributed by atoms with E-state index in [2.05, 4.69) is 30.3 Å². The van der Waals surface area contributed by atoms with Crippen molar-refractivity contribution >= 4 is 5.69 Å². The van der Waals surface area contributed by atoms with Crippen molar-refractivity contribution in [2.24, 2.45) is 0 Å². The highest BCUT2D eigenvalue weighted by Crippen LogP contribution is 2.21. The zero-order chi connectivity index (χ0) is 13.8. The zero-order valence-corrected chi connectivity index (χ0v) is 12.0. The van der Waals surface area contributed by atoms with Gasteiger partial charge in [0.1, 0.15) is 5.75 Å². The first-order valence-electron chi connectivity index (χ1n) is 6.52. The molecule has 4 nitrogen and oxygen atoms in total. The van der Waals surface area contributed by atoms with Crippen LogP contribution in [0.1, 0.15) is 31.1 Å². The Hall–Kier alpha value is -1.97. The van der Waals surface area contributed by atoms with Crippen molar-refractivity contribution in [3.05, 3.63) is 41.7 Å². The van der Waals surface area contributed by atoms with Crippen LogP contribution >= 0.6 is 0 Å². The number of aromatic nitrogens is 2. The summed E-state index contributed by atoms with van der Waals surface area (Å²) in [5.41, 5.74) is 3.25. The van der Waals surface area contributed by atoms with Crippen LogP contribution in [-0.4, -0.2) is 16.9 Å². The Morgan fingerprint density at radius 2 is 2.11 bits per heavy atom. The van der Waals surface area contributed by atoms with Gasteiger partial charge in [0.05, 0.1) is 19.3 Å². The summed E-state index contributed by atoms with van der Waals surface area (Å²) in [5, 5.41) is 7.88. The number of nitrogens with one attached hydrogen (secondary N) is 1. The normalized spacial score (nSPS) is 10.8. The molecule has 0 radical (unpaired) electrons. The second-order valence-corrected chi connectivity index (χ2v) is 4.92. The number of methoxy groups -OCH3 is 1. The molecule has 0 aliphatic heterocycles. The van der Waals surface area contributed by atoms with Gasteiger partial charge in [-0.3, -0.25) is 4.68 Å². The molecular weight excluding hydrogens is 238 g/mol. The summed E-state index contributed by atoms with van der Waals surface area (Å²) in [7, 11) is 1.69. The average molecular weight is 259 g/mol. The van der Waals surface area contributed by atoms with Crippen LogP contribution in [0.4, 0.5) is 5.69 Å². The molecule has 0 fully saturated rings. The molecule has 0 aliphatic carbocycles. The fourth-order valence-corrected chi connectivity index (χ4v) is 1.94. The van der Waals surface area contributed by atoms with Crippen LogP contribution in [0.3, 0.4) is 0 Å². The number of aryl methyl sites for hydroxylation is 1. The first kappa shape index (κ1) is 13.5. The first-order chi connectivity index (χ1) is 9.10. The summed E-state index contributed by atoms with van der Waals surface area (Å²) >= 11 is 0. The van der Waals surface area contributed by atoms with Crippen molar-refractivity contribution in [2.45, 2.75) is 33.4 Å². The van der Waals surface area contributed by atoms with Gasteiger partial charge < -0.3 is 10.1 Å².